The van der Waals surface area contributed by atoms with Gasteiger partial charge in [-0.25, -0.2) is 9.97 Å². The summed E-state index contributed by atoms with van der Waals surface area (Å²) >= 11 is 5.82. The van der Waals surface area contributed by atoms with Crippen LogP contribution in [0.4, 0.5) is 0 Å². The fourth-order valence-electron chi connectivity index (χ4n) is 1.61. The summed E-state index contributed by atoms with van der Waals surface area (Å²) in [6, 6.07) is 5.54. The summed E-state index contributed by atoms with van der Waals surface area (Å²) in [7, 11) is 0. The molecule has 0 radical (unpaired) electrons. The Balaban J connectivity index is 1.97. The van der Waals surface area contributed by atoms with Crippen molar-refractivity contribution >= 4 is 11.6 Å². The first-order chi connectivity index (χ1) is 7.33. The van der Waals surface area contributed by atoms with Crippen LogP contribution in [-0.4, -0.2) is 15.0 Å². The molecule has 0 aliphatic heterocycles. The lowest BCUT2D eigenvalue weighted by atomic mass is 10.3. The Morgan fingerprint density at radius 3 is 2.93 bits per heavy atom. The number of rotatable bonds is 2. The molecule has 1 aliphatic rings. The molecule has 4 heteroatoms. The fourth-order valence-corrected chi connectivity index (χ4v) is 1.77. The van der Waals surface area contributed by atoms with Crippen molar-refractivity contribution in [1.29, 1.82) is 0 Å². The first-order valence-corrected chi connectivity index (χ1v) is 5.38. The first kappa shape index (κ1) is 8.92. The fraction of sp³-hybridized carbons (Fsp3) is 0.273. The van der Waals surface area contributed by atoms with E-state index in [-0.39, 0.29) is 0 Å². The summed E-state index contributed by atoms with van der Waals surface area (Å²) in [5.41, 5.74) is 2.01. The Morgan fingerprint density at radius 2 is 2.20 bits per heavy atom. The number of hydrogen-bond donors (Lipinski definition) is 1. The minimum Gasteiger partial charge on any atom is -0.340 e. The van der Waals surface area contributed by atoms with Gasteiger partial charge in [0.25, 0.3) is 0 Å². The summed E-state index contributed by atoms with van der Waals surface area (Å²) < 4.78 is 0. The van der Waals surface area contributed by atoms with E-state index in [2.05, 4.69) is 15.0 Å². The van der Waals surface area contributed by atoms with Crippen LogP contribution in [0, 0.1) is 0 Å². The molecule has 0 unspecified atom stereocenters. The molecule has 15 heavy (non-hydrogen) atoms. The maximum atomic E-state index is 5.82. The summed E-state index contributed by atoms with van der Waals surface area (Å²) in [6.45, 7) is 0. The molecule has 76 valence electrons. The van der Waals surface area contributed by atoms with Crippen molar-refractivity contribution in [3.63, 3.8) is 0 Å². The van der Waals surface area contributed by atoms with Gasteiger partial charge >= 0.3 is 0 Å². The molecule has 1 saturated carbocycles. The van der Waals surface area contributed by atoms with Gasteiger partial charge in [0.05, 0.1) is 0 Å². The highest BCUT2D eigenvalue weighted by Gasteiger charge is 2.25. The van der Waals surface area contributed by atoms with E-state index in [4.69, 9.17) is 11.6 Å². The SMILES string of the molecule is Clc1cccc(-c2ncc(C3CC3)[nH]2)n1. The summed E-state index contributed by atoms with van der Waals surface area (Å²) in [5.74, 6) is 1.49. The quantitative estimate of drug-likeness (QED) is 0.789. The molecule has 3 rings (SSSR count). The molecule has 2 heterocycles. The lowest BCUT2D eigenvalue weighted by Gasteiger charge is -1.96. The molecule has 0 atom stereocenters. The minimum atomic E-state index is 0.497. The van der Waals surface area contributed by atoms with E-state index in [0.717, 1.165) is 11.5 Å². The van der Waals surface area contributed by atoms with Gasteiger partial charge in [0.1, 0.15) is 10.8 Å². The lowest BCUT2D eigenvalue weighted by Crippen LogP contribution is -1.86. The van der Waals surface area contributed by atoms with E-state index < -0.39 is 0 Å². The zero-order valence-corrected chi connectivity index (χ0v) is 8.83. The van der Waals surface area contributed by atoms with Crippen molar-refractivity contribution < 1.29 is 0 Å². The number of nitrogens with zero attached hydrogens (tertiary/aromatic N) is 2. The van der Waals surface area contributed by atoms with Gasteiger partial charge in [-0.15, -0.1) is 0 Å². The zero-order chi connectivity index (χ0) is 10.3. The van der Waals surface area contributed by atoms with Gasteiger partial charge in [0, 0.05) is 17.8 Å². The largest absolute Gasteiger partial charge is 0.340 e. The molecule has 0 amide bonds. The van der Waals surface area contributed by atoms with E-state index in [1.165, 1.54) is 18.5 Å². The van der Waals surface area contributed by atoms with Gasteiger partial charge in [-0.1, -0.05) is 17.7 Å². The van der Waals surface area contributed by atoms with Crippen molar-refractivity contribution in [2.75, 3.05) is 0 Å². The average Bonchev–Trinajstić information content (AvgIpc) is 2.97. The van der Waals surface area contributed by atoms with E-state index in [9.17, 15) is 0 Å². The van der Waals surface area contributed by atoms with Crippen molar-refractivity contribution in [2.45, 2.75) is 18.8 Å². The number of nitrogens with one attached hydrogen (secondary N) is 1. The average molecular weight is 220 g/mol. The Kier molecular flexibility index (Phi) is 1.99. The summed E-state index contributed by atoms with van der Waals surface area (Å²) in [5, 5.41) is 0.497. The monoisotopic (exact) mass is 219 g/mol. The third kappa shape index (κ3) is 1.75. The predicted octanol–water partition coefficient (Wildman–Crippen LogP) is 3.00. The van der Waals surface area contributed by atoms with Crippen LogP contribution in [0.3, 0.4) is 0 Å². The van der Waals surface area contributed by atoms with Gasteiger partial charge in [0.2, 0.25) is 0 Å². The molecule has 1 N–H and O–H groups in total. The highest BCUT2D eigenvalue weighted by Crippen LogP contribution is 2.39. The molecular formula is C11H10ClN3. The smallest absolute Gasteiger partial charge is 0.156 e. The highest BCUT2D eigenvalue weighted by atomic mass is 35.5. The van der Waals surface area contributed by atoms with Gasteiger partial charge in [-0.2, -0.15) is 0 Å². The van der Waals surface area contributed by atoms with E-state index >= 15 is 0 Å². The van der Waals surface area contributed by atoms with Crippen LogP contribution in [-0.2, 0) is 0 Å². The van der Waals surface area contributed by atoms with E-state index in [1.54, 1.807) is 6.07 Å². The van der Waals surface area contributed by atoms with Crippen LogP contribution in [0.5, 0.6) is 0 Å². The number of aromatic nitrogens is 3. The zero-order valence-electron chi connectivity index (χ0n) is 8.07. The standard InChI is InChI=1S/C11H10ClN3/c12-10-3-1-2-8(14-10)11-13-6-9(15-11)7-4-5-7/h1-3,6-7H,4-5H2,(H,13,15). The number of hydrogen-bond acceptors (Lipinski definition) is 2. The second-order valence-electron chi connectivity index (χ2n) is 3.81. The number of imidazole rings is 1. The molecule has 0 spiro atoms. The molecule has 2 aromatic rings. The van der Waals surface area contributed by atoms with Crippen molar-refractivity contribution in [3.8, 4) is 11.5 Å². The predicted molar refractivity (Wildman–Crippen MR) is 58.8 cm³/mol. The van der Waals surface area contributed by atoms with Gasteiger partial charge in [-0.05, 0) is 25.0 Å². The molecule has 2 aromatic heterocycles. The first-order valence-electron chi connectivity index (χ1n) is 5.01. The van der Waals surface area contributed by atoms with Gasteiger partial charge in [-0.3, -0.25) is 0 Å². The third-order valence-electron chi connectivity index (χ3n) is 2.57. The van der Waals surface area contributed by atoms with Gasteiger partial charge < -0.3 is 4.98 Å². The molecule has 0 aromatic carbocycles. The molecule has 1 fully saturated rings. The number of aromatic amines is 1. The number of H-pyrrole nitrogens is 1. The van der Waals surface area contributed by atoms with Crippen LogP contribution in [0.15, 0.2) is 24.4 Å². The maximum absolute atomic E-state index is 5.82. The molecular weight excluding hydrogens is 210 g/mol. The normalized spacial score (nSPS) is 15.5. The van der Waals surface area contributed by atoms with Crippen LogP contribution in [0.2, 0.25) is 5.15 Å². The maximum Gasteiger partial charge on any atom is 0.156 e. The second kappa shape index (κ2) is 3.35. The third-order valence-corrected chi connectivity index (χ3v) is 2.78. The van der Waals surface area contributed by atoms with E-state index in [0.29, 0.717) is 11.1 Å². The molecule has 3 nitrogen and oxygen atoms in total. The van der Waals surface area contributed by atoms with E-state index in [1.807, 2.05) is 18.3 Å². The number of halogens is 1. The van der Waals surface area contributed by atoms with Crippen LogP contribution < -0.4 is 0 Å². The Labute approximate surface area is 92.5 Å². The minimum absolute atomic E-state index is 0.497. The van der Waals surface area contributed by atoms with Crippen LogP contribution in [0.25, 0.3) is 11.5 Å². The second-order valence-corrected chi connectivity index (χ2v) is 4.19. The van der Waals surface area contributed by atoms with Crippen LogP contribution >= 0.6 is 11.6 Å². The Hall–Kier alpha value is -1.35. The summed E-state index contributed by atoms with van der Waals surface area (Å²) in [4.78, 5) is 11.8. The van der Waals surface area contributed by atoms with Crippen molar-refractivity contribution in [2.24, 2.45) is 0 Å². The summed E-state index contributed by atoms with van der Waals surface area (Å²) in [6.07, 6.45) is 4.44. The molecule has 0 saturated heterocycles. The van der Waals surface area contributed by atoms with Crippen molar-refractivity contribution in [3.05, 3.63) is 35.2 Å². The highest BCUT2D eigenvalue weighted by molar-refractivity contribution is 6.29. The number of pyridine rings is 1. The van der Waals surface area contributed by atoms with Crippen LogP contribution in [0.1, 0.15) is 24.5 Å². The topological polar surface area (TPSA) is 41.6 Å². The lowest BCUT2D eigenvalue weighted by molar-refractivity contribution is 1.05. The Morgan fingerprint density at radius 1 is 1.33 bits per heavy atom. The van der Waals surface area contributed by atoms with Gasteiger partial charge in [0.15, 0.2) is 5.82 Å². The molecule has 1 aliphatic carbocycles. The van der Waals surface area contributed by atoms with Crippen molar-refractivity contribution in [1.82, 2.24) is 15.0 Å². The molecule has 0 bridgehead atoms. The Bertz CT molecular complexity index is 488.